The predicted octanol–water partition coefficient (Wildman–Crippen LogP) is 2.55. The fraction of sp³-hybridized carbons (Fsp3) is 0.353. The van der Waals surface area contributed by atoms with Gasteiger partial charge in [0.15, 0.2) is 0 Å². The van der Waals surface area contributed by atoms with E-state index < -0.39 is 0 Å². The van der Waals surface area contributed by atoms with Crippen molar-refractivity contribution in [3.8, 4) is 11.5 Å². The molecule has 1 aliphatic rings. The Kier molecular flexibility index (Phi) is 4.32. The molecule has 5 nitrogen and oxygen atoms in total. The fourth-order valence-corrected chi connectivity index (χ4v) is 2.53. The molecule has 1 aromatic heterocycles. The Labute approximate surface area is 129 Å². The summed E-state index contributed by atoms with van der Waals surface area (Å²) in [7, 11) is 0. The third-order valence-electron chi connectivity index (χ3n) is 3.64. The van der Waals surface area contributed by atoms with Gasteiger partial charge in [0.25, 0.3) is 0 Å². The highest BCUT2D eigenvalue weighted by atomic mass is 16.5. The van der Waals surface area contributed by atoms with E-state index in [1.807, 2.05) is 31.2 Å². The van der Waals surface area contributed by atoms with Gasteiger partial charge in [-0.05, 0) is 49.2 Å². The van der Waals surface area contributed by atoms with Crippen molar-refractivity contribution in [2.75, 3.05) is 13.2 Å². The number of fused-ring (bicyclic) bond motifs is 1. The molecule has 22 heavy (non-hydrogen) atoms. The predicted molar refractivity (Wildman–Crippen MR) is 80.9 cm³/mol. The molecule has 0 saturated carbocycles. The van der Waals surface area contributed by atoms with E-state index in [1.54, 1.807) is 12.3 Å². The molecule has 0 radical (unpaired) electrons. The van der Waals surface area contributed by atoms with Gasteiger partial charge >= 0.3 is 0 Å². The molecule has 1 aliphatic heterocycles. The van der Waals surface area contributed by atoms with Crippen LogP contribution < -0.4 is 14.8 Å². The fourth-order valence-electron chi connectivity index (χ4n) is 2.53. The van der Waals surface area contributed by atoms with Crippen LogP contribution in [0.1, 0.15) is 18.2 Å². The lowest BCUT2D eigenvalue weighted by Gasteiger charge is -2.25. The van der Waals surface area contributed by atoms with Crippen molar-refractivity contribution >= 4 is 5.91 Å². The van der Waals surface area contributed by atoms with Crippen LogP contribution in [0.5, 0.6) is 11.5 Å². The molecule has 116 valence electrons. The van der Waals surface area contributed by atoms with Crippen LogP contribution in [0.4, 0.5) is 0 Å². The highest BCUT2D eigenvalue weighted by molar-refractivity contribution is 5.79. The normalized spacial score (nSPS) is 16.5. The second kappa shape index (κ2) is 6.56. The van der Waals surface area contributed by atoms with Crippen molar-refractivity contribution in [1.82, 2.24) is 5.32 Å². The summed E-state index contributed by atoms with van der Waals surface area (Å²) in [6.07, 6.45) is 2.25. The number of ether oxygens (including phenoxy) is 2. The summed E-state index contributed by atoms with van der Waals surface area (Å²) in [6.45, 7) is 3.35. The van der Waals surface area contributed by atoms with E-state index in [4.69, 9.17) is 13.9 Å². The first-order chi connectivity index (χ1) is 10.8. The Bertz CT molecular complexity index is 636. The van der Waals surface area contributed by atoms with Crippen LogP contribution in [-0.4, -0.2) is 19.1 Å². The summed E-state index contributed by atoms with van der Waals surface area (Å²) >= 11 is 0. The monoisotopic (exact) mass is 301 g/mol. The summed E-state index contributed by atoms with van der Waals surface area (Å²) in [4.78, 5) is 12.2. The van der Waals surface area contributed by atoms with Crippen molar-refractivity contribution in [3.63, 3.8) is 0 Å². The Hall–Kier alpha value is -2.43. The first kappa shape index (κ1) is 14.5. The quantitative estimate of drug-likeness (QED) is 0.922. The highest BCUT2D eigenvalue weighted by Crippen LogP contribution is 2.30. The maximum absolute atomic E-state index is 12.2. The molecule has 5 heteroatoms. The topological polar surface area (TPSA) is 60.7 Å². The Morgan fingerprint density at radius 2 is 2.32 bits per heavy atom. The first-order valence-electron chi connectivity index (χ1n) is 7.45. The van der Waals surface area contributed by atoms with Gasteiger partial charge in [0.05, 0.1) is 25.3 Å². The molecular weight excluding hydrogens is 282 g/mol. The van der Waals surface area contributed by atoms with Crippen LogP contribution in [0.15, 0.2) is 41.0 Å². The van der Waals surface area contributed by atoms with Crippen LogP contribution in [-0.2, 0) is 17.8 Å². The Balaban J connectivity index is 1.62. The zero-order valence-corrected chi connectivity index (χ0v) is 12.5. The number of benzene rings is 1. The van der Waals surface area contributed by atoms with Crippen molar-refractivity contribution in [2.45, 2.75) is 19.9 Å². The van der Waals surface area contributed by atoms with Crippen LogP contribution in [0.3, 0.4) is 0 Å². The minimum Gasteiger partial charge on any atom is -0.494 e. The maximum Gasteiger partial charge on any atom is 0.227 e. The number of nitrogens with one attached hydrogen (secondary N) is 1. The van der Waals surface area contributed by atoms with E-state index in [1.165, 1.54) is 0 Å². The van der Waals surface area contributed by atoms with Crippen LogP contribution in [0.25, 0.3) is 0 Å². The van der Waals surface area contributed by atoms with E-state index in [9.17, 15) is 4.79 Å². The summed E-state index contributed by atoms with van der Waals surface area (Å²) in [5.41, 5.74) is 1.01. The molecule has 0 fully saturated rings. The van der Waals surface area contributed by atoms with E-state index in [0.717, 1.165) is 22.8 Å². The molecule has 0 spiro atoms. The lowest BCUT2D eigenvalue weighted by atomic mass is 9.96. The number of rotatable bonds is 5. The second-order valence-electron chi connectivity index (χ2n) is 5.21. The first-order valence-corrected chi connectivity index (χ1v) is 7.45. The Morgan fingerprint density at radius 3 is 3.09 bits per heavy atom. The lowest BCUT2D eigenvalue weighted by Crippen LogP contribution is -2.36. The molecule has 1 N–H and O–H groups in total. The third-order valence-corrected chi connectivity index (χ3v) is 3.64. The van der Waals surface area contributed by atoms with Crippen LogP contribution in [0, 0.1) is 5.92 Å². The molecule has 3 rings (SSSR count). The molecule has 2 heterocycles. The standard InChI is InChI=1S/C17H19NO4/c1-2-20-14-5-6-16-12(9-14)8-13(11-22-16)17(19)18-10-15-4-3-7-21-15/h3-7,9,13H,2,8,10-11H2,1H3,(H,18,19). The molecular formula is C17H19NO4. The number of hydrogen-bond acceptors (Lipinski definition) is 4. The molecule has 1 unspecified atom stereocenters. The lowest BCUT2D eigenvalue weighted by molar-refractivity contribution is -0.126. The number of amides is 1. The molecule has 2 aromatic rings. The minimum atomic E-state index is -0.195. The van der Waals surface area contributed by atoms with E-state index in [2.05, 4.69) is 5.32 Å². The Morgan fingerprint density at radius 1 is 1.41 bits per heavy atom. The molecule has 1 aromatic carbocycles. The zero-order valence-electron chi connectivity index (χ0n) is 12.5. The van der Waals surface area contributed by atoms with Gasteiger partial charge in [0, 0.05) is 0 Å². The molecule has 0 saturated heterocycles. The summed E-state index contributed by atoms with van der Waals surface area (Å²) < 4.78 is 16.4. The van der Waals surface area contributed by atoms with Gasteiger partial charge in [-0.2, -0.15) is 0 Å². The molecule has 1 atom stereocenters. The van der Waals surface area contributed by atoms with Gasteiger partial charge in [-0.3, -0.25) is 4.79 Å². The van der Waals surface area contributed by atoms with Gasteiger partial charge in [0.2, 0.25) is 5.91 Å². The van der Waals surface area contributed by atoms with Crippen molar-refractivity contribution in [3.05, 3.63) is 47.9 Å². The van der Waals surface area contributed by atoms with Crippen molar-refractivity contribution < 1.29 is 18.7 Å². The SMILES string of the molecule is CCOc1ccc2c(c1)CC(C(=O)NCc1ccco1)CO2. The van der Waals surface area contributed by atoms with Gasteiger partial charge in [-0.1, -0.05) is 0 Å². The average Bonchev–Trinajstić information content (AvgIpc) is 3.05. The average molecular weight is 301 g/mol. The molecule has 1 amide bonds. The number of carbonyl (C=O) groups is 1. The van der Waals surface area contributed by atoms with Crippen molar-refractivity contribution in [2.24, 2.45) is 5.92 Å². The van der Waals surface area contributed by atoms with Crippen LogP contribution in [0.2, 0.25) is 0 Å². The summed E-state index contributed by atoms with van der Waals surface area (Å²) in [5.74, 6) is 2.16. The van der Waals surface area contributed by atoms with E-state index in [0.29, 0.717) is 26.2 Å². The summed E-state index contributed by atoms with van der Waals surface area (Å²) in [6, 6.07) is 9.37. The number of hydrogen-bond donors (Lipinski definition) is 1. The zero-order chi connectivity index (χ0) is 15.4. The minimum absolute atomic E-state index is 0.0242. The third kappa shape index (κ3) is 3.24. The second-order valence-corrected chi connectivity index (χ2v) is 5.21. The summed E-state index contributed by atoms with van der Waals surface area (Å²) in [5, 5.41) is 2.88. The van der Waals surface area contributed by atoms with Gasteiger partial charge < -0.3 is 19.2 Å². The van der Waals surface area contributed by atoms with Gasteiger partial charge in [0.1, 0.15) is 23.9 Å². The maximum atomic E-state index is 12.2. The molecule has 0 aliphatic carbocycles. The van der Waals surface area contributed by atoms with Gasteiger partial charge in [-0.15, -0.1) is 0 Å². The van der Waals surface area contributed by atoms with E-state index >= 15 is 0 Å². The van der Waals surface area contributed by atoms with Crippen molar-refractivity contribution in [1.29, 1.82) is 0 Å². The highest BCUT2D eigenvalue weighted by Gasteiger charge is 2.26. The van der Waals surface area contributed by atoms with E-state index in [-0.39, 0.29) is 11.8 Å². The molecule has 0 bridgehead atoms. The number of carbonyl (C=O) groups excluding carboxylic acids is 1. The van der Waals surface area contributed by atoms with Gasteiger partial charge in [-0.25, -0.2) is 0 Å². The smallest absolute Gasteiger partial charge is 0.227 e. The van der Waals surface area contributed by atoms with Crippen LogP contribution >= 0.6 is 0 Å². The number of furan rings is 1. The largest absolute Gasteiger partial charge is 0.494 e.